The SMILES string of the molecule is Cc1nc2nonc2c(N)c1Cc1ccc(Br)c(OCC(C)(F)F)n1. The molecule has 0 unspecified atom stereocenters. The average molecular weight is 414 g/mol. The minimum atomic E-state index is -2.95. The second-order valence-corrected chi connectivity index (χ2v) is 6.51. The van der Waals surface area contributed by atoms with E-state index in [4.69, 9.17) is 10.5 Å². The third-order valence-electron chi connectivity index (χ3n) is 3.45. The summed E-state index contributed by atoms with van der Waals surface area (Å²) < 4.78 is 36.2. The highest BCUT2D eigenvalue weighted by molar-refractivity contribution is 9.10. The van der Waals surface area contributed by atoms with Crippen molar-refractivity contribution in [2.75, 3.05) is 12.3 Å². The predicted molar refractivity (Wildman–Crippen MR) is 89.6 cm³/mol. The van der Waals surface area contributed by atoms with Crippen molar-refractivity contribution in [3.8, 4) is 5.88 Å². The first-order chi connectivity index (χ1) is 11.7. The molecule has 0 saturated carbocycles. The van der Waals surface area contributed by atoms with Gasteiger partial charge < -0.3 is 10.5 Å². The fourth-order valence-corrected chi connectivity index (χ4v) is 2.59. The molecule has 0 amide bonds. The fourth-order valence-electron chi connectivity index (χ4n) is 2.25. The topological polar surface area (TPSA) is 100.0 Å². The highest BCUT2D eigenvalue weighted by Gasteiger charge is 2.23. The van der Waals surface area contributed by atoms with E-state index >= 15 is 0 Å². The quantitative estimate of drug-likeness (QED) is 0.684. The molecule has 0 aliphatic heterocycles. The molecule has 0 fully saturated rings. The largest absolute Gasteiger partial charge is 0.470 e. The smallest absolute Gasteiger partial charge is 0.278 e. The lowest BCUT2D eigenvalue weighted by molar-refractivity contribution is -0.0245. The van der Waals surface area contributed by atoms with Crippen molar-refractivity contribution in [1.29, 1.82) is 0 Å². The number of rotatable bonds is 5. The van der Waals surface area contributed by atoms with Crippen LogP contribution in [0.3, 0.4) is 0 Å². The van der Waals surface area contributed by atoms with Crippen LogP contribution in [0.15, 0.2) is 21.2 Å². The van der Waals surface area contributed by atoms with Crippen LogP contribution in [0.4, 0.5) is 14.5 Å². The number of aryl methyl sites for hydroxylation is 1. The molecule has 3 heterocycles. The molecule has 2 N–H and O–H groups in total. The van der Waals surface area contributed by atoms with E-state index in [9.17, 15) is 8.78 Å². The number of nitrogen functional groups attached to an aromatic ring is 1. The Morgan fingerprint density at radius 2 is 2.04 bits per heavy atom. The molecule has 3 aromatic rings. The second-order valence-electron chi connectivity index (χ2n) is 5.65. The zero-order chi connectivity index (χ0) is 18.2. The monoisotopic (exact) mass is 413 g/mol. The van der Waals surface area contributed by atoms with Crippen LogP contribution in [-0.4, -0.2) is 32.8 Å². The van der Waals surface area contributed by atoms with E-state index < -0.39 is 12.5 Å². The third kappa shape index (κ3) is 3.84. The summed E-state index contributed by atoms with van der Waals surface area (Å²) in [6, 6.07) is 3.42. The summed E-state index contributed by atoms with van der Waals surface area (Å²) in [4.78, 5) is 8.56. The van der Waals surface area contributed by atoms with E-state index in [0.29, 0.717) is 44.7 Å². The Kier molecular flexibility index (Phi) is 4.55. The van der Waals surface area contributed by atoms with Crippen LogP contribution in [0.2, 0.25) is 0 Å². The van der Waals surface area contributed by atoms with Gasteiger partial charge in [0.15, 0.2) is 12.1 Å². The molecule has 25 heavy (non-hydrogen) atoms. The molecule has 3 rings (SSSR count). The summed E-state index contributed by atoms with van der Waals surface area (Å²) in [6.07, 6.45) is 0.333. The van der Waals surface area contributed by atoms with Gasteiger partial charge in [-0.25, -0.2) is 23.4 Å². The molecule has 7 nitrogen and oxygen atoms in total. The van der Waals surface area contributed by atoms with Gasteiger partial charge in [-0.1, -0.05) is 0 Å². The Bertz CT molecular complexity index is 926. The number of nitrogens with two attached hydrogens (primary N) is 1. The highest BCUT2D eigenvalue weighted by atomic mass is 79.9. The molecule has 0 saturated heterocycles. The molecule has 10 heteroatoms. The number of fused-ring (bicyclic) bond motifs is 1. The second kappa shape index (κ2) is 6.51. The van der Waals surface area contributed by atoms with E-state index in [-0.39, 0.29) is 5.88 Å². The normalized spacial score (nSPS) is 11.9. The first-order valence-corrected chi connectivity index (χ1v) is 8.07. The van der Waals surface area contributed by atoms with Gasteiger partial charge in [0.2, 0.25) is 11.5 Å². The van der Waals surface area contributed by atoms with Crippen molar-refractivity contribution >= 4 is 32.8 Å². The molecule has 132 valence electrons. The van der Waals surface area contributed by atoms with Crippen LogP contribution >= 0.6 is 15.9 Å². The maximum atomic E-state index is 13.0. The van der Waals surface area contributed by atoms with Crippen LogP contribution < -0.4 is 10.5 Å². The van der Waals surface area contributed by atoms with Gasteiger partial charge in [-0.05, 0) is 45.3 Å². The molecule has 0 bridgehead atoms. The number of hydrogen-bond donors (Lipinski definition) is 1. The van der Waals surface area contributed by atoms with Gasteiger partial charge in [-0.2, -0.15) is 0 Å². The number of pyridine rings is 2. The average Bonchev–Trinajstić information content (AvgIpc) is 2.99. The highest BCUT2D eigenvalue weighted by Crippen LogP contribution is 2.28. The molecular weight excluding hydrogens is 400 g/mol. The van der Waals surface area contributed by atoms with Gasteiger partial charge in [0.05, 0.1) is 10.2 Å². The van der Waals surface area contributed by atoms with Crippen molar-refractivity contribution in [1.82, 2.24) is 20.3 Å². The third-order valence-corrected chi connectivity index (χ3v) is 4.06. The van der Waals surface area contributed by atoms with Gasteiger partial charge >= 0.3 is 0 Å². The van der Waals surface area contributed by atoms with Gasteiger partial charge in [0.25, 0.3) is 5.92 Å². The summed E-state index contributed by atoms with van der Waals surface area (Å²) in [5.41, 5.74) is 9.19. The van der Waals surface area contributed by atoms with Crippen LogP contribution in [-0.2, 0) is 6.42 Å². The maximum absolute atomic E-state index is 13.0. The summed E-state index contributed by atoms with van der Waals surface area (Å²) in [6.45, 7) is 1.80. The van der Waals surface area contributed by atoms with Gasteiger partial charge in [-0.3, -0.25) is 0 Å². The van der Waals surface area contributed by atoms with Crippen molar-refractivity contribution < 1.29 is 18.1 Å². The summed E-state index contributed by atoms with van der Waals surface area (Å²) in [7, 11) is 0. The van der Waals surface area contributed by atoms with Crippen LogP contribution in [0.25, 0.3) is 11.2 Å². The number of ether oxygens (including phenoxy) is 1. The first kappa shape index (κ1) is 17.5. The van der Waals surface area contributed by atoms with Crippen molar-refractivity contribution in [3.63, 3.8) is 0 Å². The number of nitrogens with zero attached hydrogens (tertiary/aromatic N) is 4. The lowest BCUT2D eigenvalue weighted by Gasteiger charge is -2.14. The molecule has 0 aromatic carbocycles. The number of alkyl halides is 2. The van der Waals surface area contributed by atoms with Crippen LogP contribution in [0, 0.1) is 6.92 Å². The number of aromatic nitrogens is 4. The molecule has 0 atom stereocenters. The zero-order valence-electron chi connectivity index (χ0n) is 13.4. The Morgan fingerprint density at radius 1 is 1.28 bits per heavy atom. The lowest BCUT2D eigenvalue weighted by atomic mass is 10.1. The van der Waals surface area contributed by atoms with E-state index in [1.807, 2.05) is 0 Å². The Balaban J connectivity index is 1.91. The van der Waals surface area contributed by atoms with E-state index in [0.717, 1.165) is 6.92 Å². The molecule has 0 radical (unpaired) electrons. The lowest BCUT2D eigenvalue weighted by Crippen LogP contribution is -2.21. The van der Waals surface area contributed by atoms with Crippen molar-refractivity contribution in [2.45, 2.75) is 26.2 Å². The van der Waals surface area contributed by atoms with Gasteiger partial charge in [-0.15, -0.1) is 0 Å². The van der Waals surface area contributed by atoms with E-state index in [1.165, 1.54) is 0 Å². The Morgan fingerprint density at radius 3 is 2.76 bits per heavy atom. The Hall–Kier alpha value is -2.36. The van der Waals surface area contributed by atoms with E-state index in [1.54, 1.807) is 19.1 Å². The van der Waals surface area contributed by atoms with Crippen molar-refractivity contribution in [2.24, 2.45) is 0 Å². The standard InChI is InChI=1S/C15H14BrF2N5O2/c1-7-9(11(19)12-13(20-7)23-25-22-12)5-8-3-4-10(16)14(21-8)24-6-15(2,17)18/h3-4H,5-6,19H2,1-2H3. The molecule has 0 spiro atoms. The van der Waals surface area contributed by atoms with Gasteiger partial charge in [0.1, 0.15) is 0 Å². The molecule has 0 aliphatic carbocycles. The number of hydrogen-bond acceptors (Lipinski definition) is 7. The molecule has 3 aromatic heterocycles. The Labute approximate surface area is 149 Å². The van der Waals surface area contributed by atoms with Crippen LogP contribution in [0.5, 0.6) is 5.88 Å². The number of anilines is 1. The predicted octanol–water partition coefficient (Wildman–Crippen LogP) is 3.29. The summed E-state index contributed by atoms with van der Waals surface area (Å²) >= 11 is 3.24. The maximum Gasteiger partial charge on any atom is 0.278 e. The molecular formula is C15H14BrF2N5O2. The summed E-state index contributed by atoms with van der Waals surface area (Å²) in [5, 5.41) is 7.41. The van der Waals surface area contributed by atoms with Crippen molar-refractivity contribution in [3.05, 3.63) is 33.6 Å². The summed E-state index contributed by atoms with van der Waals surface area (Å²) in [5.74, 6) is -2.86. The van der Waals surface area contributed by atoms with Gasteiger partial charge in [0, 0.05) is 30.3 Å². The first-order valence-electron chi connectivity index (χ1n) is 7.28. The fraction of sp³-hybridized carbons (Fsp3) is 0.333. The minimum Gasteiger partial charge on any atom is -0.470 e. The van der Waals surface area contributed by atoms with Crippen LogP contribution in [0.1, 0.15) is 23.9 Å². The molecule has 0 aliphatic rings. The van der Waals surface area contributed by atoms with E-state index in [2.05, 4.69) is 40.8 Å². The zero-order valence-corrected chi connectivity index (χ0v) is 15.0. The number of halogens is 3. The minimum absolute atomic E-state index is 0.0902.